The van der Waals surface area contributed by atoms with E-state index in [1.807, 2.05) is 35.2 Å². The molecular formula is C25H26FN5O2. The van der Waals surface area contributed by atoms with Crippen molar-refractivity contribution in [1.82, 2.24) is 15.1 Å². The molecule has 0 bridgehead atoms. The molecule has 0 aromatic heterocycles. The van der Waals surface area contributed by atoms with Crippen molar-refractivity contribution in [1.29, 1.82) is 5.26 Å². The number of amides is 1. The van der Waals surface area contributed by atoms with Crippen LogP contribution in [0.2, 0.25) is 0 Å². The molecule has 1 amide bonds. The molecule has 8 heteroatoms. The first kappa shape index (κ1) is 22.5. The minimum Gasteiger partial charge on any atom is -0.378 e. The third kappa shape index (κ3) is 5.38. The number of carbonyl (C=O) groups excluding carboxylic acids is 1. The van der Waals surface area contributed by atoms with Crippen LogP contribution in [-0.4, -0.2) is 61.1 Å². The fourth-order valence-electron chi connectivity index (χ4n) is 3.91. The zero-order valence-corrected chi connectivity index (χ0v) is 18.3. The Hall–Kier alpha value is -3.70. The molecule has 0 unspecified atom stereocenters. The third-order valence-corrected chi connectivity index (χ3v) is 5.63. The number of carbonyl (C=O) groups is 1. The van der Waals surface area contributed by atoms with Gasteiger partial charge in [-0.1, -0.05) is 42.5 Å². The molecule has 170 valence electrons. The fraction of sp³-hybridized carbons (Fsp3) is 0.320. The quantitative estimate of drug-likeness (QED) is 0.737. The number of ether oxygens (including phenoxy) is 1. The van der Waals surface area contributed by atoms with E-state index in [1.165, 1.54) is 6.07 Å². The van der Waals surface area contributed by atoms with Crippen molar-refractivity contribution < 1.29 is 13.9 Å². The lowest BCUT2D eigenvalue weighted by Crippen LogP contribution is -2.49. The zero-order valence-electron chi connectivity index (χ0n) is 18.3. The van der Waals surface area contributed by atoms with E-state index in [0.717, 1.165) is 5.56 Å². The van der Waals surface area contributed by atoms with Crippen LogP contribution in [-0.2, 0) is 16.1 Å². The minimum atomic E-state index is -0.417. The van der Waals surface area contributed by atoms with Crippen molar-refractivity contribution in [3.05, 3.63) is 77.1 Å². The van der Waals surface area contributed by atoms with E-state index in [1.54, 1.807) is 23.1 Å². The molecular weight excluding hydrogens is 421 g/mol. The number of benzene rings is 2. The molecule has 2 aliphatic heterocycles. The molecule has 1 fully saturated rings. The van der Waals surface area contributed by atoms with Crippen LogP contribution >= 0.6 is 0 Å². The normalized spacial score (nSPS) is 16.0. The summed E-state index contributed by atoms with van der Waals surface area (Å²) in [5, 5.41) is 12.4. The van der Waals surface area contributed by atoms with E-state index in [2.05, 4.69) is 16.4 Å². The predicted octanol–water partition coefficient (Wildman–Crippen LogP) is 2.77. The number of nitrogens with one attached hydrogen (secondary N) is 1. The highest BCUT2D eigenvalue weighted by Gasteiger charge is 2.29. The van der Waals surface area contributed by atoms with Crippen molar-refractivity contribution >= 4 is 17.6 Å². The average Bonchev–Trinajstić information content (AvgIpc) is 2.87. The molecule has 1 saturated heterocycles. The Bertz CT molecular complexity index is 1090. The summed E-state index contributed by atoms with van der Waals surface area (Å²) in [4.78, 5) is 22.0. The van der Waals surface area contributed by atoms with Crippen LogP contribution in [0.15, 0.2) is 65.2 Å². The van der Waals surface area contributed by atoms with Crippen LogP contribution in [0.1, 0.15) is 17.5 Å². The van der Waals surface area contributed by atoms with Gasteiger partial charge in [-0.2, -0.15) is 5.26 Å². The molecule has 0 spiro atoms. The van der Waals surface area contributed by atoms with E-state index in [4.69, 9.17) is 10.00 Å². The number of hydrogen-bond acceptors (Lipinski definition) is 6. The van der Waals surface area contributed by atoms with E-state index in [0.29, 0.717) is 55.6 Å². The lowest BCUT2D eigenvalue weighted by atomic mass is 10.0. The summed E-state index contributed by atoms with van der Waals surface area (Å²) >= 11 is 0. The van der Waals surface area contributed by atoms with Gasteiger partial charge in [0.1, 0.15) is 5.82 Å². The first-order valence-corrected chi connectivity index (χ1v) is 11.0. The fourth-order valence-corrected chi connectivity index (χ4v) is 3.91. The number of aliphatic imine (C=N–C) groups is 1. The van der Waals surface area contributed by atoms with Gasteiger partial charge in [-0.15, -0.1) is 0 Å². The molecule has 2 aromatic carbocycles. The predicted molar refractivity (Wildman–Crippen MR) is 123 cm³/mol. The number of hydrogen-bond donors (Lipinski definition) is 1. The molecule has 0 aliphatic carbocycles. The summed E-state index contributed by atoms with van der Waals surface area (Å²) in [7, 11) is 0. The SMILES string of the molecule is N#CCCN(Cc1ccccc1)C(=O)C1=C(c2ccccc2F)NC(N2CCOCC2)=NC1. The molecule has 2 aliphatic rings. The Balaban J connectivity index is 1.67. The van der Waals surface area contributed by atoms with Gasteiger partial charge >= 0.3 is 0 Å². The molecule has 4 rings (SSSR count). The van der Waals surface area contributed by atoms with Crippen molar-refractivity contribution in [2.75, 3.05) is 39.4 Å². The van der Waals surface area contributed by atoms with Crippen molar-refractivity contribution in [2.45, 2.75) is 13.0 Å². The van der Waals surface area contributed by atoms with Gasteiger partial charge in [-0.25, -0.2) is 9.38 Å². The summed E-state index contributed by atoms with van der Waals surface area (Å²) in [5.41, 5.74) is 2.08. The number of nitrogens with zero attached hydrogens (tertiary/aromatic N) is 4. The Morgan fingerprint density at radius 2 is 1.88 bits per heavy atom. The van der Waals surface area contributed by atoms with E-state index in [-0.39, 0.29) is 25.4 Å². The molecule has 0 atom stereocenters. The topological polar surface area (TPSA) is 81.0 Å². The number of rotatable bonds is 6. The Kier molecular flexibility index (Phi) is 7.33. The molecule has 2 aromatic rings. The Morgan fingerprint density at radius 1 is 1.15 bits per heavy atom. The molecule has 2 heterocycles. The van der Waals surface area contributed by atoms with Gasteiger partial charge in [0.25, 0.3) is 5.91 Å². The smallest absolute Gasteiger partial charge is 0.254 e. The van der Waals surface area contributed by atoms with Gasteiger partial charge in [-0.3, -0.25) is 4.79 Å². The summed E-state index contributed by atoms with van der Waals surface area (Å²) in [5.74, 6) is -0.0652. The van der Waals surface area contributed by atoms with Crippen LogP contribution in [0, 0.1) is 17.1 Å². The Morgan fingerprint density at radius 3 is 2.61 bits per heavy atom. The van der Waals surface area contributed by atoms with E-state index < -0.39 is 5.82 Å². The van der Waals surface area contributed by atoms with Crippen molar-refractivity contribution in [3.63, 3.8) is 0 Å². The highest BCUT2D eigenvalue weighted by Crippen LogP contribution is 2.25. The van der Waals surface area contributed by atoms with Crippen LogP contribution in [0.4, 0.5) is 4.39 Å². The molecule has 0 radical (unpaired) electrons. The van der Waals surface area contributed by atoms with Crippen LogP contribution in [0.25, 0.3) is 5.70 Å². The van der Waals surface area contributed by atoms with Crippen LogP contribution < -0.4 is 5.32 Å². The lowest BCUT2D eigenvalue weighted by molar-refractivity contribution is -0.127. The van der Waals surface area contributed by atoms with Gasteiger partial charge in [0, 0.05) is 31.7 Å². The minimum absolute atomic E-state index is 0.125. The van der Waals surface area contributed by atoms with Gasteiger partial charge in [0.05, 0.1) is 43.5 Å². The second kappa shape index (κ2) is 10.7. The van der Waals surface area contributed by atoms with E-state index in [9.17, 15) is 9.18 Å². The summed E-state index contributed by atoms with van der Waals surface area (Å²) in [6.07, 6.45) is 0.205. The third-order valence-electron chi connectivity index (χ3n) is 5.63. The highest BCUT2D eigenvalue weighted by atomic mass is 19.1. The standard InChI is InChI=1S/C25H26FN5O2/c26-22-10-5-4-9-20(22)23-21(17-28-25(29-23)30-13-15-33-16-14-30)24(32)31(12-6-11-27)18-19-7-2-1-3-8-19/h1-5,7-10H,6,12-18H2,(H,28,29). The van der Waals surface area contributed by atoms with Crippen LogP contribution in [0.3, 0.4) is 0 Å². The summed E-state index contributed by atoms with van der Waals surface area (Å²) in [6.45, 7) is 3.27. The van der Waals surface area contributed by atoms with Crippen LogP contribution in [0.5, 0.6) is 0 Å². The first-order chi connectivity index (χ1) is 16.2. The second-order valence-corrected chi connectivity index (χ2v) is 7.82. The average molecular weight is 448 g/mol. The van der Waals surface area contributed by atoms with Crippen molar-refractivity contribution in [3.8, 4) is 6.07 Å². The highest BCUT2D eigenvalue weighted by molar-refractivity contribution is 6.06. The summed E-state index contributed by atoms with van der Waals surface area (Å²) in [6, 6.07) is 18.1. The number of halogens is 1. The van der Waals surface area contributed by atoms with Crippen molar-refractivity contribution in [2.24, 2.45) is 4.99 Å². The Labute approximate surface area is 192 Å². The van der Waals surface area contributed by atoms with Gasteiger partial charge in [0.2, 0.25) is 0 Å². The molecule has 1 N–H and O–H groups in total. The van der Waals surface area contributed by atoms with Gasteiger partial charge in [0.15, 0.2) is 5.96 Å². The van der Waals surface area contributed by atoms with Gasteiger partial charge < -0.3 is 19.9 Å². The largest absolute Gasteiger partial charge is 0.378 e. The number of guanidine groups is 1. The summed E-state index contributed by atoms with van der Waals surface area (Å²) < 4.78 is 20.2. The lowest BCUT2D eigenvalue weighted by Gasteiger charge is -2.34. The number of nitriles is 1. The first-order valence-electron chi connectivity index (χ1n) is 11.0. The number of morpholine rings is 1. The van der Waals surface area contributed by atoms with Gasteiger partial charge in [-0.05, 0) is 17.7 Å². The van der Waals surface area contributed by atoms with E-state index >= 15 is 0 Å². The molecule has 0 saturated carbocycles. The second-order valence-electron chi connectivity index (χ2n) is 7.82. The maximum Gasteiger partial charge on any atom is 0.254 e. The monoisotopic (exact) mass is 447 g/mol. The maximum absolute atomic E-state index is 14.8. The zero-order chi connectivity index (χ0) is 23.0. The maximum atomic E-state index is 14.8. The molecule has 7 nitrogen and oxygen atoms in total. The molecule has 33 heavy (non-hydrogen) atoms.